The van der Waals surface area contributed by atoms with Crippen molar-refractivity contribution in [2.24, 2.45) is 5.92 Å². The molecule has 0 radical (unpaired) electrons. The molecule has 1 saturated carbocycles. The van der Waals surface area contributed by atoms with E-state index in [0.717, 1.165) is 5.92 Å². The third-order valence-corrected chi connectivity index (χ3v) is 5.31. The zero-order chi connectivity index (χ0) is 14.5. The van der Waals surface area contributed by atoms with Crippen molar-refractivity contribution in [3.8, 4) is 0 Å². The molecule has 0 saturated heterocycles. The van der Waals surface area contributed by atoms with Gasteiger partial charge in [0.05, 0.1) is 0 Å². The van der Waals surface area contributed by atoms with Crippen LogP contribution in [0.25, 0.3) is 0 Å². The predicted octanol–water partition coefficient (Wildman–Crippen LogP) is 5.96. The van der Waals surface area contributed by atoms with Crippen molar-refractivity contribution in [3.05, 3.63) is 71.8 Å². The highest BCUT2D eigenvalue weighted by atomic mass is 14.4. The maximum absolute atomic E-state index is 2.33. The zero-order valence-corrected chi connectivity index (χ0v) is 13.1. The molecule has 1 aliphatic rings. The molecule has 110 valence electrons. The van der Waals surface area contributed by atoms with E-state index >= 15 is 0 Å². The van der Waals surface area contributed by atoms with Gasteiger partial charge in [-0.15, -0.1) is 0 Å². The Balaban J connectivity index is 1.94. The lowest BCUT2D eigenvalue weighted by atomic mass is 9.62. The Bertz CT molecular complexity index is 491. The van der Waals surface area contributed by atoms with E-state index in [-0.39, 0.29) is 5.41 Å². The molecule has 0 aromatic heterocycles. The first-order valence-corrected chi connectivity index (χ1v) is 8.46. The van der Waals surface area contributed by atoms with Gasteiger partial charge in [0.15, 0.2) is 0 Å². The summed E-state index contributed by atoms with van der Waals surface area (Å²) in [5.41, 5.74) is 3.25. The van der Waals surface area contributed by atoms with Crippen LogP contribution in [0.1, 0.15) is 56.6 Å². The molecule has 2 aromatic carbocycles. The van der Waals surface area contributed by atoms with E-state index in [1.165, 1.54) is 49.7 Å². The number of hydrogen-bond donors (Lipinski definition) is 0. The van der Waals surface area contributed by atoms with E-state index in [0.29, 0.717) is 0 Å². The molecule has 2 aromatic rings. The summed E-state index contributed by atoms with van der Waals surface area (Å²) < 4.78 is 0. The summed E-state index contributed by atoms with van der Waals surface area (Å²) in [5, 5.41) is 0. The monoisotopic (exact) mass is 278 g/mol. The van der Waals surface area contributed by atoms with Gasteiger partial charge in [0.25, 0.3) is 0 Å². The molecule has 0 N–H and O–H groups in total. The summed E-state index contributed by atoms with van der Waals surface area (Å²) in [6.07, 6.45) is 8.07. The average Bonchev–Trinajstić information content (AvgIpc) is 2.58. The Morgan fingerprint density at radius 2 is 1.29 bits per heavy atom. The lowest BCUT2D eigenvalue weighted by Crippen LogP contribution is -2.33. The van der Waals surface area contributed by atoms with Gasteiger partial charge in [-0.1, -0.05) is 80.4 Å². The summed E-state index contributed by atoms with van der Waals surface area (Å²) in [5.74, 6) is 0.940. The van der Waals surface area contributed by atoms with Gasteiger partial charge in [0, 0.05) is 5.41 Å². The molecule has 0 atom stereocenters. The Morgan fingerprint density at radius 3 is 1.71 bits per heavy atom. The summed E-state index contributed by atoms with van der Waals surface area (Å²) in [6.45, 7) is 2.32. The fourth-order valence-corrected chi connectivity index (χ4v) is 4.13. The molecular formula is C21H26. The molecule has 0 heteroatoms. The number of benzene rings is 2. The van der Waals surface area contributed by atoms with Crippen LogP contribution in [0.15, 0.2) is 60.7 Å². The third-order valence-electron chi connectivity index (χ3n) is 5.31. The standard InChI is InChI=1S/C21H26/c1-2-9-18-14-16-21(17-15-18,19-10-5-3-6-11-19)20-12-7-4-8-13-20/h3-8,10-13,18H,2,9,14-17H2,1H3. The maximum Gasteiger partial charge on any atom is 0.0203 e. The highest BCUT2D eigenvalue weighted by Gasteiger charge is 2.37. The van der Waals surface area contributed by atoms with Gasteiger partial charge in [-0.05, 0) is 42.7 Å². The smallest absolute Gasteiger partial charge is 0.0203 e. The van der Waals surface area contributed by atoms with Gasteiger partial charge in [-0.2, -0.15) is 0 Å². The summed E-state index contributed by atoms with van der Waals surface area (Å²) in [4.78, 5) is 0. The normalized spacial score (nSPS) is 18.5. The lowest BCUT2D eigenvalue weighted by Gasteiger charge is -2.41. The van der Waals surface area contributed by atoms with Crippen LogP contribution in [0.4, 0.5) is 0 Å². The largest absolute Gasteiger partial charge is 0.0654 e. The van der Waals surface area contributed by atoms with Crippen LogP contribution in [0.2, 0.25) is 0 Å². The molecule has 1 aliphatic carbocycles. The lowest BCUT2D eigenvalue weighted by molar-refractivity contribution is 0.254. The van der Waals surface area contributed by atoms with Crippen molar-refractivity contribution in [2.75, 3.05) is 0 Å². The van der Waals surface area contributed by atoms with Crippen LogP contribution in [0.5, 0.6) is 0 Å². The average molecular weight is 278 g/mol. The first-order chi connectivity index (χ1) is 10.3. The fourth-order valence-electron chi connectivity index (χ4n) is 4.13. The van der Waals surface area contributed by atoms with Gasteiger partial charge < -0.3 is 0 Å². The summed E-state index contributed by atoms with van der Waals surface area (Å²) in [6, 6.07) is 22.3. The second-order valence-electron chi connectivity index (χ2n) is 6.55. The van der Waals surface area contributed by atoms with Crippen molar-refractivity contribution < 1.29 is 0 Å². The van der Waals surface area contributed by atoms with Gasteiger partial charge in [-0.25, -0.2) is 0 Å². The second-order valence-corrected chi connectivity index (χ2v) is 6.55. The Labute approximate surface area is 129 Å². The summed E-state index contributed by atoms with van der Waals surface area (Å²) >= 11 is 0. The van der Waals surface area contributed by atoms with Crippen LogP contribution in [0, 0.1) is 5.92 Å². The van der Waals surface area contributed by atoms with E-state index in [2.05, 4.69) is 67.6 Å². The molecule has 21 heavy (non-hydrogen) atoms. The second kappa shape index (κ2) is 6.47. The van der Waals surface area contributed by atoms with Gasteiger partial charge >= 0.3 is 0 Å². The maximum atomic E-state index is 2.33. The zero-order valence-electron chi connectivity index (χ0n) is 13.1. The SMILES string of the molecule is CCCC1CCC(c2ccccc2)(c2ccccc2)CC1. The molecule has 0 unspecified atom stereocenters. The van der Waals surface area contributed by atoms with Crippen LogP contribution in [0.3, 0.4) is 0 Å². The number of rotatable bonds is 4. The summed E-state index contributed by atoms with van der Waals surface area (Å²) in [7, 11) is 0. The van der Waals surface area contributed by atoms with Crippen molar-refractivity contribution in [2.45, 2.75) is 50.9 Å². The van der Waals surface area contributed by atoms with E-state index < -0.39 is 0 Å². The fraction of sp³-hybridized carbons (Fsp3) is 0.429. The van der Waals surface area contributed by atoms with Gasteiger partial charge in [0.2, 0.25) is 0 Å². The first kappa shape index (κ1) is 14.4. The van der Waals surface area contributed by atoms with Crippen LogP contribution in [-0.4, -0.2) is 0 Å². The quantitative estimate of drug-likeness (QED) is 0.647. The molecule has 0 heterocycles. The van der Waals surface area contributed by atoms with Gasteiger partial charge in [0.1, 0.15) is 0 Å². The van der Waals surface area contributed by atoms with E-state index in [1.54, 1.807) is 0 Å². The predicted molar refractivity (Wildman–Crippen MR) is 90.5 cm³/mol. The van der Waals surface area contributed by atoms with Gasteiger partial charge in [-0.3, -0.25) is 0 Å². The van der Waals surface area contributed by atoms with Crippen molar-refractivity contribution in [3.63, 3.8) is 0 Å². The van der Waals surface area contributed by atoms with Crippen LogP contribution < -0.4 is 0 Å². The highest BCUT2D eigenvalue weighted by molar-refractivity contribution is 5.39. The minimum Gasteiger partial charge on any atom is -0.0654 e. The molecule has 3 rings (SSSR count). The van der Waals surface area contributed by atoms with Crippen molar-refractivity contribution >= 4 is 0 Å². The molecule has 0 amide bonds. The van der Waals surface area contributed by atoms with Crippen molar-refractivity contribution in [1.29, 1.82) is 0 Å². The number of hydrogen-bond acceptors (Lipinski definition) is 0. The van der Waals surface area contributed by atoms with E-state index in [1.807, 2.05) is 0 Å². The minimum absolute atomic E-state index is 0.243. The highest BCUT2D eigenvalue weighted by Crippen LogP contribution is 2.47. The van der Waals surface area contributed by atoms with Crippen LogP contribution >= 0.6 is 0 Å². The first-order valence-electron chi connectivity index (χ1n) is 8.46. The molecule has 0 aliphatic heterocycles. The van der Waals surface area contributed by atoms with E-state index in [4.69, 9.17) is 0 Å². The molecular weight excluding hydrogens is 252 g/mol. The molecule has 0 bridgehead atoms. The van der Waals surface area contributed by atoms with E-state index in [9.17, 15) is 0 Å². The molecule has 1 fully saturated rings. The Morgan fingerprint density at radius 1 is 0.810 bits per heavy atom. The van der Waals surface area contributed by atoms with Crippen LogP contribution in [-0.2, 0) is 5.41 Å². The minimum atomic E-state index is 0.243. The van der Waals surface area contributed by atoms with Crippen molar-refractivity contribution in [1.82, 2.24) is 0 Å². The topological polar surface area (TPSA) is 0 Å². The molecule has 0 nitrogen and oxygen atoms in total. The Kier molecular flexibility index (Phi) is 4.43. The Hall–Kier alpha value is -1.56. The molecule has 0 spiro atoms. The third kappa shape index (κ3) is 2.90.